The minimum absolute atomic E-state index is 0.0793. The first-order valence-corrected chi connectivity index (χ1v) is 5.35. The zero-order valence-electron chi connectivity index (χ0n) is 5.85. The molecule has 0 saturated heterocycles. The Balaban J connectivity index is 3.05. The molecule has 0 aliphatic heterocycles. The van der Waals surface area contributed by atoms with Gasteiger partial charge in [0.1, 0.15) is 10.8 Å². The first-order valence-electron chi connectivity index (χ1n) is 3.06. The number of pyridine rings is 1. The van der Waals surface area contributed by atoms with E-state index in [1.54, 1.807) is 12.1 Å². The lowest BCUT2D eigenvalue weighted by molar-refractivity contribution is 0.101. The molecule has 64 valence electrons. The normalized spacial score (nSPS) is 9.92. The van der Waals surface area contributed by atoms with Gasteiger partial charge >= 0.3 is 0 Å². The highest BCUT2D eigenvalue weighted by Crippen LogP contribution is 2.19. The van der Waals surface area contributed by atoms with E-state index in [4.69, 9.17) is 11.6 Å². The molecule has 5 heteroatoms. The van der Waals surface area contributed by atoms with E-state index in [9.17, 15) is 4.79 Å². The number of hydrogen-bond donors (Lipinski definition) is 0. The Labute approximate surface area is 91.6 Å². The maximum absolute atomic E-state index is 11.1. The highest BCUT2D eigenvalue weighted by atomic mass is 79.9. The predicted molar refractivity (Wildman–Crippen MR) is 55.1 cm³/mol. The molecule has 1 rings (SSSR count). The van der Waals surface area contributed by atoms with Gasteiger partial charge in [-0.3, -0.25) is 4.79 Å². The van der Waals surface area contributed by atoms with E-state index in [1.165, 1.54) is 0 Å². The predicted octanol–water partition coefficient (Wildman–Crippen LogP) is 3.08. The third kappa shape index (κ3) is 2.28. The number of aromatic nitrogens is 1. The van der Waals surface area contributed by atoms with Gasteiger partial charge in [0.2, 0.25) is 0 Å². The summed E-state index contributed by atoms with van der Waals surface area (Å²) in [6.07, 6.45) is 0. The summed E-state index contributed by atoms with van der Waals surface area (Å²) in [5.74, 6) is -0.0793. The molecule has 0 aliphatic carbocycles. The van der Waals surface area contributed by atoms with Crippen LogP contribution in [-0.2, 0) is 0 Å². The van der Waals surface area contributed by atoms with Crippen LogP contribution in [0, 0.1) is 0 Å². The van der Waals surface area contributed by atoms with Crippen LogP contribution in [0.2, 0.25) is 5.15 Å². The Morgan fingerprint density at radius 1 is 1.58 bits per heavy atom. The lowest BCUT2D eigenvalue weighted by Gasteiger charge is -1.98. The van der Waals surface area contributed by atoms with Gasteiger partial charge in [-0.2, -0.15) is 0 Å². The number of alkyl halides is 1. The van der Waals surface area contributed by atoms with Crippen molar-refractivity contribution >= 4 is 49.2 Å². The lowest BCUT2D eigenvalue weighted by atomic mass is 10.3. The van der Waals surface area contributed by atoms with Gasteiger partial charge in [-0.1, -0.05) is 27.5 Å². The van der Waals surface area contributed by atoms with Crippen LogP contribution in [0.15, 0.2) is 16.6 Å². The van der Waals surface area contributed by atoms with Crippen molar-refractivity contribution in [2.45, 2.75) is 0 Å². The van der Waals surface area contributed by atoms with Crippen molar-refractivity contribution in [2.24, 2.45) is 0 Å². The van der Waals surface area contributed by atoms with E-state index in [-0.39, 0.29) is 11.1 Å². The third-order valence-corrected chi connectivity index (χ3v) is 2.88. The van der Waals surface area contributed by atoms with E-state index in [1.807, 2.05) is 0 Å². The van der Waals surface area contributed by atoms with E-state index in [0.717, 1.165) is 0 Å². The second-order valence-corrected chi connectivity index (χ2v) is 3.80. The molecule has 0 aromatic carbocycles. The maximum Gasteiger partial charge on any atom is 0.191 e. The van der Waals surface area contributed by atoms with Crippen LogP contribution < -0.4 is 0 Å². The summed E-state index contributed by atoms with van der Waals surface area (Å²) in [6.45, 7) is 0. The van der Waals surface area contributed by atoms with Gasteiger partial charge in [0.25, 0.3) is 0 Å². The van der Waals surface area contributed by atoms with Gasteiger partial charge in [0, 0.05) is 0 Å². The van der Waals surface area contributed by atoms with E-state index in [2.05, 4.69) is 36.8 Å². The first kappa shape index (κ1) is 10.2. The van der Waals surface area contributed by atoms with Gasteiger partial charge in [-0.05, 0) is 28.1 Å². The molecule has 0 saturated carbocycles. The molecule has 0 bridgehead atoms. The zero-order chi connectivity index (χ0) is 9.14. The van der Waals surface area contributed by atoms with Crippen LogP contribution >= 0.6 is 43.5 Å². The van der Waals surface area contributed by atoms with E-state index < -0.39 is 0 Å². The number of ketones is 1. The summed E-state index contributed by atoms with van der Waals surface area (Å²) >= 11 is 11.9. The fourth-order valence-corrected chi connectivity index (χ4v) is 1.30. The topological polar surface area (TPSA) is 30.0 Å². The second kappa shape index (κ2) is 4.35. The van der Waals surface area contributed by atoms with Crippen molar-refractivity contribution in [3.05, 3.63) is 27.5 Å². The molecule has 1 heterocycles. The molecule has 0 spiro atoms. The van der Waals surface area contributed by atoms with Crippen molar-refractivity contribution < 1.29 is 4.79 Å². The monoisotopic (exact) mass is 311 g/mol. The zero-order valence-corrected chi connectivity index (χ0v) is 9.78. The number of hydrogen-bond acceptors (Lipinski definition) is 2. The SMILES string of the molecule is O=C(CBr)c1ccc(Br)c(Cl)n1. The van der Waals surface area contributed by atoms with Crippen molar-refractivity contribution in [1.82, 2.24) is 4.98 Å². The molecule has 0 amide bonds. The molecule has 1 aromatic rings. The molecule has 0 aliphatic rings. The molecule has 0 fully saturated rings. The summed E-state index contributed by atoms with van der Waals surface area (Å²) < 4.78 is 0.690. The van der Waals surface area contributed by atoms with Gasteiger partial charge in [-0.25, -0.2) is 4.98 Å². The molecule has 12 heavy (non-hydrogen) atoms. The second-order valence-electron chi connectivity index (χ2n) is 2.03. The summed E-state index contributed by atoms with van der Waals surface area (Å²) in [5, 5.41) is 0.569. The number of carbonyl (C=O) groups excluding carboxylic acids is 1. The summed E-state index contributed by atoms with van der Waals surface area (Å²) in [7, 11) is 0. The average molecular weight is 313 g/mol. The van der Waals surface area contributed by atoms with Crippen LogP contribution in [0.3, 0.4) is 0 Å². The summed E-state index contributed by atoms with van der Waals surface area (Å²) in [6, 6.07) is 3.32. The third-order valence-electron chi connectivity index (χ3n) is 1.21. The van der Waals surface area contributed by atoms with Crippen molar-refractivity contribution in [1.29, 1.82) is 0 Å². The molecular weight excluding hydrogens is 309 g/mol. The van der Waals surface area contributed by atoms with E-state index >= 15 is 0 Å². The Hall–Kier alpha value is 0.0700. The number of rotatable bonds is 2. The van der Waals surface area contributed by atoms with Gasteiger partial charge in [-0.15, -0.1) is 0 Å². The number of nitrogens with zero attached hydrogens (tertiary/aromatic N) is 1. The maximum atomic E-state index is 11.1. The van der Waals surface area contributed by atoms with Crippen LogP contribution in [0.25, 0.3) is 0 Å². The fraction of sp³-hybridized carbons (Fsp3) is 0.143. The average Bonchev–Trinajstić information content (AvgIpc) is 2.08. The minimum atomic E-state index is -0.0793. The lowest BCUT2D eigenvalue weighted by Crippen LogP contribution is -2.02. The Morgan fingerprint density at radius 2 is 2.25 bits per heavy atom. The Morgan fingerprint density at radius 3 is 2.75 bits per heavy atom. The molecule has 0 N–H and O–H groups in total. The molecular formula is C7H4Br2ClNO. The molecule has 1 aromatic heterocycles. The molecule has 0 unspecified atom stereocenters. The largest absolute Gasteiger partial charge is 0.291 e. The van der Waals surface area contributed by atoms with Crippen LogP contribution in [0.5, 0.6) is 0 Å². The smallest absolute Gasteiger partial charge is 0.191 e. The number of carbonyl (C=O) groups is 1. The summed E-state index contributed by atoms with van der Waals surface area (Å²) in [4.78, 5) is 15.0. The molecule has 2 nitrogen and oxygen atoms in total. The highest BCUT2D eigenvalue weighted by molar-refractivity contribution is 9.10. The van der Waals surface area contributed by atoms with Gasteiger partial charge in [0.05, 0.1) is 9.80 Å². The van der Waals surface area contributed by atoms with Crippen molar-refractivity contribution in [3.63, 3.8) is 0 Å². The van der Waals surface area contributed by atoms with Crippen molar-refractivity contribution in [3.8, 4) is 0 Å². The molecule has 0 radical (unpaired) electrons. The first-order chi connectivity index (χ1) is 5.65. The fourth-order valence-electron chi connectivity index (χ4n) is 0.641. The van der Waals surface area contributed by atoms with E-state index in [0.29, 0.717) is 15.3 Å². The van der Waals surface area contributed by atoms with Crippen LogP contribution in [0.4, 0.5) is 0 Å². The standard InChI is InChI=1S/C7H4Br2ClNO/c8-3-6(12)5-2-1-4(9)7(10)11-5/h1-2H,3H2. The molecule has 0 atom stereocenters. The Bertz CT molecular complexity index is 316. The van der Waals surface area contributed by atoms with Crippen LogP contribution in [0.1, 0.15) is 10.5 Å². The van der Waals surface area contributed by atoms with Gasteiger partial charge < -0.3 is 0 Å². The van der Waals surface area contributed by atoms with Gasteiger partial charge in [0.15, 0.2) is 5.78 Å². The minimum Gasteiger partial charge on any atom is -0.291 e. The number of Topliss-reactive ketones (excluding diaryl/α,β-unsaturated/α-hetero) is 1. The van der Waals surface area contributed by atoms with Crippen LogP contribution in [-0.4, -0.2) is 16.1 Å². The number of halogens is 3. The highest BCUT2D eigenvalue weighted by Gasteiger charge is 2.07. The quantitative estimate of drug-likeness (QED) is 0.477. The van der Waals surface area contributed by atoms with Crippen molar-refractivity contribution in [2.75, 3.05) is 5.33 Å². The summed E-state index contributed by atoms with van der Waals surface area (Å²) in [5.41, 5.74) is 0.375. The Kier molecular flexibility index (Phi) is 3.68.